The fraction of sp³-hybridized carbons (Fsp3) is 0.364. The van der Waals surface area contributed by atoms with Crippen LogP contribution in [0.15, 0.2) is 12.1 Å². The SMILES string of the molecule is CC(=O)OOc1ccc(CCl)c(C)c1C. The number of benzene rings is 1. The van der Waals surface area contributed by atoms with Gasteiger partial charge in [-0.2, -0.15) is 0 Å². The predicted molar refractivity (Wildman–Crippen MR) is 57.9 cm³/mol. The second-order valence-corrected chi connectivity index (χ2v) is 3.53. The number of hydrogen-bond donors (Lipinski definition) is 0. The molecule has 0 aromatic heterocycles. The van der Waals surface area contributed by atoms with E-state index in [1.807, 2.05) is 19.9 Å². The number of hydrogen-bond acceptors (Lipinski definition) is 3. The van der Waals surface area contributed by atoms with Crippen molar-refractivity contribution in [1.82, 2.24) is 0 Å². The molecule has 82 valence electrons. The molecule has 0 aliphatic heterocycles. The number of carbonyl (C=O) groups is 1. The summed E-state index contributed by atoms with van der Waals surface area (Å²) in [5, 5.41) is 0. The first kappa shape index (κ1) is 11.9. The van der Waals surface area contributed by atoms with Gasteiger partial charge in [0.15, 0.2) is 5.75 Å². The number of alkyl halides is 1. The molecule has 0 heterocycles. The Hall–Kier alpha value is -1.22. The molecular weight excluding hydrogens is 216 g/mol. The highest BCUT2D eigenvalue weighted by molar-refractivity contribution is 6.17. The molecule has 0 amide bonds. The molecule has 0 unspecified atom stereocenters. The van der Waals surface area contributed by atoms with E-state index in [0.717, 1.165) is 16.7 Å². The third-order valence-corrected chi connectivity index (χ3v) is 2.53. The lowest BCUT2D eigenvalue weighted by Gasteiger charge is -2.10. The minimum atomic E-state index is -0.478. The van der Waals surface area contributed by atoms with Gasteiger partial charge in [-0.15, -0.1) is 11.6 Å². The molecule has 0 atom stereocenters. The average molecular weight is 229 g/mol. The van der Waals surface area contributed by atoms with Crippen molar-refractivity contribution in [2.75, 3.05) is 0 Å². The molecule has 0 aliphatic carbocycles. The fourth-order valence-corrected chi connectivity index (χ4v) is 1.48. The summed E-state index contributed by atoms with van der Waals surface area (Å²) in [5.41, 5.74) is 3.02. The van der Waals surface area contributed by atoms with Crippen molar-refractivity contribution in [2.24, 2.45) is 0 Å². The van der Waals surface area contributed by atoms with E-state index in [4.69, 9.17) is 16.5 Å². The van der Waals surface area contributed by atoms with Crippen molar-refractivity contribution >= 4 is 17.6 Å². The first-order valence-corrected chi connectivity index (χ1v) is 5.10. The summed E-state index contributed by atoms with van der Waals surface area (Å²) in [5.74, 6) is 0.519. The van der Waals surface area contributed by atoms with Crippen LogP contribution in [0.4, 0.5) is 0 Å². The molecule has 0 bridgehead atoms. The van der Waals surface area contributed by atoms with Gasteiger partial charge in [0.2, 0.25) is 0 Å². The highest BCUT2D eigenvalue weighted by Crippen LogP contribution is 2.25. The summed E-state index contributed by atoms with van der Waals surface area (Å²) in [7, 11) is 0. The van der Waals surface area contributed by atoms with E-state index in [0.29, 0.717) is 11.6 Å². The Labute approximate surface area is 93.9 Å². The second kappa shape index (κ2) is 5.03. The molecule has 0 N–H and O–H groups in total. The Morgan fingerprint density at radius 3 is 2.53 bits per heavy atom. The maximum atomic E-state index is 10.6. The van der Waals surface area contributed by atoms with Crippen molar-refractivity contribution in [3.8, 4) is 5.75 Å². The van der Waals surface area contributed by atoms with E-state index in [-0.39, 0.29) is 0 Å². The van der Waals surface area contributed by atoms with E-state index in [9.17, 15) is 4.79 Å². The van der Waals surface area contributed by atoms with Crippen molar-refractivity contribution in [2.45, 2.75) is 26.7 Å². The zero-order chi connectivity index (χ0) is 11.4. The molecule has 4 heteroatoms. The van der Waals surface area contributed by atoms with Crippen molar-refractivity contribution in [3.05, 3.63) is 28.8 Å². The minimum absolute atomic E-state index is 0.459. The van der Waals surface area contributed by atoms with Gasteiger partial charge in [-0.1, -0.05) is 6.07 Å². The van der Waals surface area contributed by atoms with Gasteiger partial charge in [-0.3, -0.25) is 9.78 Å². The maximum absolute atomic E-state index is 10.6. The third-order valence-electron chi connectivity index (χ3n) is 2.24. The highest BCUT2D eigenvalue weighted by atomic mass is 35.5. The minimum Gasteiger partial charge on any atom is -0.287 e. The molecule has 3 nitrogen and oxygen atoms in total. The monoisotopic (exact) mass is 228 g/mol. The Morgan fingerprint density at radius 2 is 2.00 bits per heavy atom. The molecule has 0 saturated heterocycles. The molecule has 1 aromatic carbocycles. The largest absolute Gasteiger partial charge is 0.352 e. The summed E-state index contributed by atoms with van der Waals surface area (Å²) in [6.07, 6.45) is 0. The molecular formula is C11H13ClO3. The molecule has 0 saturated carbocycles. The van der Waals surface area contributed by atoms with Crippen molar-refractivity contribution in [1.29, 1.82) is 0 Å². The third kappa shape index (κ3) is 2.86. The van der Waals surface area contributed by atoms with Crippen LogP contribution in [0.25, 0.3) is 0 Å². The molecule has 1 aromatic rings. The molecule has 0 radical (unpaired) electrons. The highest BCUT2D eigenvalue weighted by Gasteiger charge is 2.08. The molecule has 1 rings (SSSR count). The number of halogens is 1. The summed E-state index contributed by atoms with van der Waals surface area (Å²) in [4.78, 5) is 19.9. The Kier molecular flexibility index (Phi) is 3.97. The summed E-state index contributed by atoms with van der Waals surface area (Å²) in [6, 6.07) is 3.59. The van der Waals surface area contributed by atoms with Gasteiger partial charge in [0.25, 0.3) is 0 Å². The van der Waals surface area contributed by atoms with Crippen LogP contribution in [0.2, 0.25) is 0 Å². The van der Waals surface area contributed by atoms with Crippen molar-refractivity contribution < 1.29 is 14.6 Å². The van der Waals surface area contributed by atoms with Gasteiger partial charge in [-0.05, 0) is 36.6 Å². The quantitative estimate of drug-likeness (QED) is 0.453. The zero-order valence-corrected chi connectivity index (χ0v) is 9.72. The normalized spacial score (nSPS) is 9.87. The van der Waals surface area contributed by atoms with Gasteiger partial charge >= 0.3 is 5.97 Å². The molecule has 0 fully saturated rings. The van der Waals surface area contributed by atoms with Gasteiger partial charge in [0, 0.05) is 12.8 Å². The first-order chi connectivity index (χ1) is 7.06. The van der Waals surface area contributed by atoms with E-state index in [1.54, 1.807) is 6.07 Å². The average Bonchev–Trinajstić information content (AvgIpc) is 2.20. The van der Waals surface area contributed by atoms with E-state index in [1.165, 1.54) is 6.92 Å². The zero-order valence-electron chi connectivity index (χ0n) is 8.96. The van der Waals surface area contributed by atoms with Crippen LogP contribution in [0, 0.1) is 13.8 Å². The van der Waals surface area contributed by atoms with Crippen LogP contribution in [0.1, 0.15) is 23.6 Å². The molecule has 0 spiro atoms. The predicted octanol–water partition coefficient (Wildman–Crippen LogP) is 2.90. The lowest BCUT2D eigenvalue weighted by atomic mass is 10.0. The Balaban J connectivity index is 2.91. The number of rotatable bonds is 3. The van der Waals surface area contributed by atoms with Gasteiger partial charge in [0.05, 0.1) is 0 Å². The molecule has 0 aliphatic rings. The van der Waals surface area contributed by atoms with E-state index >= 15 is 0 Å². The summed E-state index contributed by atoms with van der Waals surface area (Å²) < 4.78 is 0. The lowest BCUT2D eigenvalue weighted by molar-refractivity contribution is -0.211. The Bertz CT molecular complexity index is 374. The van der Waals surface area contributed by atoms with Crippen molar-refractivity contribution in [3.63, 3.8) is 0 Å². The number of carbonyl (C=O) groups excluding carboxylic acids is 1. The van der Waals surface area contributed by atoms with E-state index < -0.39 is 5.97 Å². The standard InChI is InChI=1S/C11H13ClO3/c1-7-8(2)11(15-14-9(3)13)5-4-10(7)6-12/h4-5H,6H2,1-3H3. The van der Waals surface area contributed by atoms with Gasteiger partial charge < -0.3 is 0 Å². The van der Waals surface area contributed by atoms with Gasteiger partial charge in [-0.25, -0.2) is 4.79 Å². The second-order valence-electron chi connectivity index (χ2n) is 3.26. The summed E-state index contributed by atoms with van der Waals surface area (Å²) in [6.45, 7) is 5.13. The maximum Gasteiger partial charge on any atom is 0.352 e. The lowest BCUT2D eigenvalue weighted by Crippen LogP contribution is -2.04. The Morgan fingerprint density at radius 1 is 1.33 bits per heavy atom. The molecule has 15 heavy (non-hydrogen) atoms. The van der Waals surface area contributed by atoms with Gasteiger partial charge in [0.1, 0.15) is 0 Å². The summed E-state index contributed by atoms with van der Waals surface area (Å²) >= 11 is 5.76. The van der Waals surface area contributed by atoms with Crippen LogP contribution in [-0.4, -0.2) is 5.97 Å². The van der Waals surface area contributed by atoms with Crippen LogP contribution in [0.3, 0.4) is 0 Å². The van der Waals surface area contributed by atoms with Crippen LogP contribution < -0.4 is 4.89 Å². The fourth-order valence-electron chi connectivity index (χ4n) is 1.19. The smallest absolute Gasteiger partial charge is 0.287 e. The van der Waals surface area contributed by atoms with Crippen LogP contribution in [-0.2, 0) is 15.6 Å². The first-order valence-electron chi connectivity index (χ1n) is 4.56. The van der Waals surface area contributed by atoms with E-state index in [2.05, 4.69) is 4.89 Å². The van der Waals surface area contributed by atoms with Crippen LogP contribution in [0.5, 0.6) is 5.75 Å². The topological polar surface area (TPSA) is 35.5 Å². The van der Waals surface area contributed by atoms with Crippen LogP contribution >= 0.6 is 11.6 Å².